The molecule has 1 radical (unpaired) electrons. The van der Waals surface area contributed by atoms with Crippen LogP contribution in [0.4, 0.5) is 10.7 Å². The zero-order valence-corrected chi connectivity index (χ0v) is 14.1. The van der Waals surface area contributed by atoms with Crippen LogP contribution in [0, 0.1) is 0 Å². The van der Waals surface area contributed by atoms with E-state index in [-0.39, 0.29) is 10.6 Å². The van der Waals surface area contributed by atoms with Crippen LogP contribution in [0.2, 0.25) is 0 Å². The summed E-state index contributed by atoms with van der Waals surface area (Å²) >= 11 is 5.50. The van der Waals surface area contributed by atoms with Crippen molar-refractivity contribution in [1.29, 1.82) is 0 Å². The van der Waals surface area contributed by atoms with Gasteiger partial charge in [-0.05, 0) is 24.6 Å². The molecular formula is C17H17N3O2S+. The summed E-state index contributed by atoms with van der Waals surface area (Å²) in [6.45, 7) is 3.99. The minimum absolute atomic E-state index is 0.0757. The first kappa shape index (κ1) is 14.4. The number of rotatable bonds is 0. The third-order valence-electron chi connectivity index (χ3n) is 5.10. The molecule has 1 spiro atoms. The highest BCUT2D eigenvalue weighted by molar-refractivity contribution is 7.80. The van der Waals surface area contributed by atoms with Crippen molar-refractivity contribution in [3.8, 4) is 0 Å². The molecule has 117 valence electrons. The van der Waals surface area contributed by atoms with Gasteiger partial charge in [-0.1, -0.05) is 30.9 Å². The van der Waals surface area contributed by atoms with E-state index < -0.39 is 5.54 Å². The monoisotopic (exact) mass is 327 g/mol. The Hall–Kier alpha value is -2.18. The quantitative estimate of drug-likeness (QED) is 0.678. The number of amides is 1. The largest absolute Gasteiger partial charge is 0.529 e. The third-order valence-corrected chi connectivity index (χ3v) is 5.39. The smallest absolute Gasteiger partial charge is 0.423 e. The van der Waals surface area contributed by atoms with Crippen LogP contribution in [0.25, 0.3) is 5.70 Å². The molecule has 23 heavy (non-hydrogen) atoms. The SMILES string of the molecule is COC(=O)[N+]12C(C)=CC=CC13CC=CC(C)=C3n1c([S])cnc12. The summed E-state index contributed by atoms with van der Waals surface area (Å²) in [7, 11) is 1.42. The lowest BCUT2D eigenvalue weighted by Gasteiger charge is -2.43. The molecule has 2 unspecified atom stereocenters. The van der Waals surface area contributed by atoms with Crippen molar-refractivity contribution in [3.05, 3.63) is 47.8 Å². The normalized spacial score (nSPS) is 30.7. The van der Waals surface area contributed by atoms with Crippen LogP contribution in [0.5, 0.6) is 0 Å². The average Bonchev–Trinajstić information content (AvgIpc) is 3.02. The van der Waals surface area contributed by atoms with Gasteiger partial charge in [0, 0.05) is 13.3 Å². The molecule has 2 atom stereocenters. The van der Waals surface area contributed by atoms with Crippen molar-refractivity contribution in [2.75, 3.05) is 7.11 Å². The summed E-state index contributed by atoms with van der Waals surface area (Å²) in [5.41, 5.74) is 2.40. The van der Waals surface area contributed by atoms with E-state index in [2.05, 4.69) is 23.2 Å². The number of imidazole rings is 1. The lowest BCUT2D eigenvalue weighted by molar-refractivity contribution is 0.118. The van der Waals surface area contributed by atoms with Gasteiger partial charge >= 0.3 is 12.0 Å². The number of nitrogens with zero attached hydrogens (tertiary/aromatic N) is 3. The summed E-state index contributed by atoms with van der Waals surface area (Å²) < 4.78 is 7.10. The standard InChI is InChI=1S/C17H17N3O2S/c1-11-6-4-8-17-9-5-7-12(2)20(17,16(21)22-3)15-18-10-13(23)19(15)14(11)17/h4-7,9-10H,8H2,1-3H3/q+1. The van der Waals surface area contributed by atoms with Crippen LogP contribution >= 0.6 is 12.6 Å². The van der Waals surface area contributed by atoms with Crippen LogP contribution < -0.4 is 4.48 Å². The summed E-state index contributed by atoms with van der Waals surface area (Å²) in [5, 5.41) is 0.612. The highest BCUT2D eigenvalue weighted by Crippen LogP contribution is 2.57. The zero-order valence-electron chi connectivity index (χ0n) is 13.2. The molecular weight excluding hydrogens is 310 g/mol. The number of fused-ring (bicyclic) bond motifs is 3. The number of hydrogen-bond acceptors (Lipinski definition) is 3. The molecule has 1 aliphatic carbocycles. The molecule has 5 nitrogen and oxygen atoms in total. The fourth-order valence-electron chi connectivity index (χ4n) is 4.27. The molecule has 0 N–H and O–H groups in total. The molecule has 3 heterocycles. The summed E-state index contributed by atoms with van der Waals surface area (Å²) in [6, 6.07) is 0. The number of allylic oxidation sites excluding steroid dienone is 5. The van der Waals surface area contributed by atoms with Gasteiger partial charge < -0.3 is 4.74 Å². The van der Waals surface area contributed by atoms with Crippen molar-refractivity contribution in [2.24, 2.45) is 0 Å². The molecule has 2 aliphatic heterocycles. The lowest BCUT2D eigenvalue weighted by Crippen LogP contribution is -2.66. The Kier molecular flexibility index (Phi) is 2.77. The Morgan fingerprint density at radius 2 is 2.26 bits per heavy atom. The first-order chi connectivity index (χ1) is 11.0. The van der Waals surface area contributed by atoms with Gasteiger partial charge in [0.05, 0.1) is 13.3 Å². The van der Waals surface area contributed by atoms with E-state index in [1.165, 1.54) is 7.11 Å². The zero-order chi connectivity index (χ0) is 16.4. The van der Waals surface area contributed by atoms with Crippen molar-refractivity contribution in [3.63, 3.8) is 0 Å². The minimum Gasteiger partial charge on any atom is -0.423 e. The molecule has 0 aromatic carbocycles. The second-order valence-corrected chi connectivity index (χ2v) is 6.52. The number of aromatic nitrogens is 2. The van der Waals surface area contributed by atoms with Crippen molar-refractivity contribution in [1.82, 2.24) is 14.0 Å². The maximum atomic E-state index is 13.1. The van der Waals surface area contributed by atoms with Crippen LogP contribution in [0.15, 0.2) is 52.9 Å². The Bertz CT molecular complexity index is 861. The van der Waals surface area contributed by atoms with Gasteiger partial charge in [0.25, 0.3) is 0 Å². The highest BCUT2D eigenvalue weighted by atomic mass is 32.1. The average molecular weight is 327 g/mol. The van der Waals surface area contributed by atoms with Gasteiger partial charge in [0.2, 0.25) is 0 Å². The van der Waals surface area contributed by atoms with Crippen molar-refractivity contribution < 1.29 is 9.53 Å². The maximum Gasteiger partial charge on any atom is 0.529 e. The molecule has 0 fully saturated rings. The summed E-state index contributed by atoms with van der Waals surface area (Å²) in [6.07, 6.45) is 12.2. The molecule has 1 aromatic heterocycles. The number of carbonyl (C=O) groups excluding carboxylic acids is 1. The number of hydrogen-bond donors (Lipinski definition) is 0. The van der Waals surface area contributed by atoms with Gasteiger partial charge in [-0.25, -0.2) is 4.57 Å². The fourth-order valence-corrected chi connectivity index (χ4v) is 4.49. The van der Waals surface area contributed by atoms with Gasteiger partial charge in [0.15, 0.2) is 5.54 Å². The Balaban J connectivity index is 2.20. The lowest BCUT2D eigenvalue weighted by atomic mass is 9.80. The molecule has 3 aliphatic rings. The minimum atomic E-state index is -0.581. The molecule has 1 amide bonds. The molecule has 0 saturated carbocycles. The number of ether oxygens (including phenoxy) is 1. The van der Waals surface area contributed by atoms with Crippen LogP contribution in [-0.2, 0) is 4.74 Å². The van der Waals surface area contributed by atoms with Crippen LogP contribution in [0.3, 0.4) is 0 Å². The Morgan fingerprint density at radius 3 is 3.00 bits per heavy atom. The van der Waals surface area contributed by atoms with Gasteiger partial charge in [-0.2, -0.15) is 9.78 Å². The van der Waals surface area contributed by atoms with Gasteiger partial charge in [-0.3, -0.25) is 0 Å². The van der Waals surface area contributed by atoms with Crippen molar-refractivity contribution >= 4 is 30.4 Å². The second-order valence-electron chi connectivity index (χ2n) is 6.10. The number of methoxy groups -OCH3 is 1. The first-order valence-corrected chi connectivity index (χ1v) is 7.89. The second kappa shape index (κ2) is 4.43. The molecule has 0 bridgehead atoms. The third kappa shape index (κ3) is 1.37. The van der Waals surface area contributed by atoms with Gasteiger partial charge in [-0.15, -0.1) is 4.48 Å². The van der Waals surface area contributed by atoms with E-state index in [0.717, 1.165) is 17.0 Å². The predicted octanol–water partition coefficient (Wildman–Crippen LogP) is 3.93. The Labute approximate surface area is 140 Å². The van der Waals surface area contributed by atoms with Gasteiger partial charge in [0.1, 0.15) is 16.4 Å². The molecule has 4 rings (SSSR count). The van der Waals surface area contributed by atoms with E-state index in [1.807, 2.05) is 30.6 Å². The summed E-state index contributed by atoms with van der Waals surface area (Å²) in [5.74, 6) is 0.609. The van der Waals surface area contributed by atoms with E-state index >= 15 is 0 Å². The predicted molar refractivity (Wildman–Crippen MR) is 90.6 cm³/mol. The molecule has 0 saturated heterocycles. The van der Waals surface area contributed by atoms with E-state index in [1.54, 1.807) is 6.20 Å². The topological polar surface area (TPSA) is 44.1 Å². The fraction of sp³-hybridized carbons (Fsp3) is 0.294. The van der Waals surface area contributed by atoms with E-state index in [0.29, 0.717) is 17.4 Å². The highest BCUT2D eigenvalue weighted by Gasteiger charge is 2.70. The van der Waals surface area contributed by atoms with Crippen molar-refractivity contribution in [2.45, 2.75) is 30.8 Å². The first-order valence-electron chi connectivity index (χ1n) is 7.48. The Morgan fingerprint density at radius 1 is 1.48 bits per heavy atom. The summed E-state index contributed by atoms with van der Waals surface area (Å²) in [4.78, 5) is 17.6. The molecule has 6 heteroatoms. The molecule has 1 aromatic rings. The van der Waals surface area contributed by atoms with E-state index in [9.17, 15) is 4.79 Å². The number of quaternary nitrogens is 1. The van der Waals surface area contributed by atoms with E-state index in [4.69, 9.17) is 17.4 Å². The van der Waals surface area contributed by atoms with Crippen LogP contribution in [0.1, 0.15) is 20.3 Å². The maximum absolute atomic E-state index is 13.1. The number of carbonyl (C=O) groups is 1. The van der Waals surface area contributed by atoms with Crippen LogP contribution in [-0.4, -0.2) is 28.3 Å².